The SMILES string of the molecule is Cc1noc(-c2ccccc2NC(=O)C2CC2)n1. The highest BCUT2D eigenvalue weighted by Gasteiger charge is 2.30. The molecule has 2 aromatic rings. The first-order valence-corrected chi connectivity index (χ1v) is 5.94. The lowest BCUT2D eigenvalue weighted by Gasteiger charge is -2.07. The van der Waals surface area contributed by atoms with Gasteiger partial charge in [-0.15, -0.1) is 0 Å². The molecule has 0 unspecified atom stereocenters. The molecular formula is C13H13N3O2. The lowest BCUT2D eigenvalue weighted by Crippen LogP contribution is -2.13. The normalized spacial score (nSPS) is 14.5. The van der Waals surface area contributed by atoms with Crippen molar-refractivity contribution >= 4 is 11.6 Å². The molecule has 1 N–H and O–H groups in total. The van der Waals surface area contributed by atoms with E-state index in [1.54, 1.807) is 6.92 Å². The molecular weight excluding hydrogens is 230 g/mol. The van der Waals surface area contributed by atoms with Gasteiger partial charge in [0.2, 0.25) is 5.91 Å². The summed E-state index contributed by atoms with van der Waals surface area (Å²) in [5, 5.41) is 6.68. The van der Waals surface area contributed by atoms with Crippen LogP contribution >= 0.6 is 0 Å². The Bertz CT molecular complexity index is 587. The Labute approximate surface area is 104 Å². The number of aryl methyl sites for hydroxylation is 1. The second kappa shape index (κ2) is 4.25. The third kappa shape index (κ3) is 2.11. The smallest absolute Gasteiger partial charge is 0.260 e. The number of nitrogens with zero attached hydrogens (tertiary/aromatic N) is 2. The fraction of sp³-hybridized carbons (Fsp3) is 0.308. The molecule has 0 spiro atoms. The Kier molecular flexibility index (Phi) is 2.59. The molecule has 1 aromatic heterocycles. The van der Waals surface area contributed by atoms with Gasteiger partial charge in [0.05, 0.1) is 11.3 Å². The lowest BCUT2D eigenvalue weighted by atomic mass is 10.1. The molecule has 1 fully saturated rings. The summed E-state index contributed by atoms with van der Waals surface area (Å²) in [6.07, 6.45) is 1.96. The summed E-state index contributed by atoms with van der Waals surface area (Å²) in [5.74, 6) is 1.24. The second-order valence-electron chi connectivity index (χ2n) is 4.46. The van der Waals surface area contributed by atoms with Crippen LogP contribution in [0.1, 0.15) is 18.7 Å². The van der Waals surface area contributed by atoms with Crippen molar-refractivity contribution in [2.45, 2.75) is 19.8 Å². The zero-order valence-corrected chi connectivity index (χ0v) is 10.0. The standard InChI is InChI=1S/C13H13N3O2/c1-8-14-13(18-16-8)10-4-2-3-5-11(10)15-12(17)9-6-7-9/h2-5,9H,6-7H2,1H3,(H,15,17). The van der Waals surface area contributed by atoms with Crippen LogP contribution in [0.4, 0.5) is 5.69 Å². The van der Waals surface area contributed by atoms with Crippen LogP contribution in [0.25, 0.3) is 11.5 Å². The number of amides is 1. The number of hydrogen-bond acceptors (Lipinski definition) is 4. The Morgan fingerprint density at radius 2 is 2.17 bits per heavy atom. The first-order valence-electron chi connectivity index (χ1n) is 5.94. The van der Waals surface area contributed by atoms with Gasteiger partial charge in [0, 0.05) is 5.92 Å². The number of anilines is 1. The van der Waals surface area contributed by atoms with Gasteiger partial charge in [-0.3, -0.25) is 4.79 Å². The topological polar surface area (TPSA) is 68.0 Å². The highest BCUT2D eigenvalue weighted by Crippen LogP contribution is 2.32. The quantitative estimate of drug-likeness (QED) is 0.898. The van der Waals surface area contributed by atoms with E-state index in [4.69, 9.17) is 4.52 Å². The summed E-state index contributed by atoms with van der Waals surface area (Å²) in [6, 6.07) is 7.45. The van der Waals surface area contributed by atoms with Crippen LogP contribution in [0, 0.1) is 12.8 Å². The molecule has 5 heteroatoms. The molecule has 18 heavy (non-hydrogen) atoms. The predicted octanol–water partition coefficient (Wildman–Crippen LogP) is 2.39. The minimum Gasteiger partial charge on any atom is -0.334 e. The molecule has 1 heterocycles. The number of nitrogens with one attached hydrogen (secondary N) is 1. The fourth-order valence-electron chi connectivity index (χ4n) is 1.77. The van der Waals surface area contributed by atoms with E-state index in [-0.39, 0.29) is 11.8 Å². The monoisotopic (exact) mass is 243 g/mol. The Morgan fingerprint density at radius 1 is 1.39 bits per heavy atom. The summed E-state index contributed by atoms with van der Waals surface area (Å²) in [4.78, 5) is 16.0. The summed E-state index contributed by atoms with van der Waals surface area (Å²) < 4.78 is 5.14. The van der Waals surface area contributed by atoms with Crippen molar-refractivity contribution in [2.75, 3.05) is 5.32 Å². The molecule has 1 aliphatic carbocycles. The van der Waals surface area contributed by atoms with Crippen molar-refractivity contribution in [3.63, 3.8) is 0 Å². The number of aromatic nitrogens is 2. The van der Waals surface area contributed by atoms with Gasteiger partial charge in [-0.05, 0) is 31.9 Å². The van der Waals surface area contributed by atoms with Crippen molar-refractivity contribution in [3.05, 3.63) is 30.1 Å². The Hall–Kier alpha value is -2.17. The van der Waals surface area contributed by atoms with Gasteiger partial charge in [0.25, 0.3) is 5.89 Å². The highest BCUT2D eigenvalue weighted by molar-refractivity contribution is 5.97. The van der Waals surface area contributed by atoms with Crippen LogP contribution in [-0.2, 0) is 4.79 Å². The number of hydrogen-bond donors (Lipinski definition) is 1. The summed E-state index contributed by atoms with van der Waals surface area (Å²) in [5.41, 5.74) is 1.48. The molecule has 1 aromatic carbocycles. The van der Waals surface area contributed by atoms with Gasteiger partial charge in [-0.25, -0.2) is 0 Å². The van der Waals surface area contributed by atoms with Crippen LogP contribution in [-0.4, -0.2) is 16.0 Å². The van der Waals surface area contributed by atoms with Crippen LogP contribution in [0.5, 0.6) is 0 Å². The van der Waals surface area contributed by atoms with E-state index in [0.29, 0.717) is 11.7 Å². The van der Waals surface area contributed by atoms with Gasteiger partial charge >= 0.3 is 0 Å². The maximum Gasteiger partial charge on any atom is 0.260 e. The van der Waals surface area contributed by atoms with Crippen LogP contribution < -0.4 is 5.32 Å². The molecule has 0 aliphatic heterocycles. The minimum atomic E-state index is 0.0682. The summed E-state index contributed by atoms with van der Waals surface area (Å²) in [7, 11) is 0. The van der Waals surface area contributed by atoms with Crippen molar-refractivity contribution in [1.29, 1.82) is 0 Å². The van der Waals surface area contributed by atoms with E-state index in [1.165, 1.54) is 0 Å². The van der Waals surface area contributed by atoms with Crippen LogP contribution in [0.2, 0.25) is 0 Å². The van der Waals surface area contributed by atoms with E-state index >= 15 is 0 Å². The molecule has 1 amide bonds. The molecule has 5 nitrogen and oxygen atoms in total. The number of carbonyl (C=O) groups excluding carboxylic acids is 1. The average Bonchev–Trinajstić information content (AvgIpc) is 3.13. The number of para-hydroxylation sites is 1. The predicted molar refractivity (Wildman–Crippen MR) is 65.8 cm³/mol. The summed E-state index contributed by atoms with van der Waals surface area (Å²) in [6.45, 7) is 1.76. The lowest BCUT2D eigenvalue weighted by molar-refractivity contribution is -0.117. The molecule has 1 saturated carbocycles. The van der Waals surface area contributed by atoms with E-state index in [9.17, 15) is 4.79 Å². The Balaban J connectivity index is 1.91. The summed E-state index contributed by atoms with van der Waals surface area (Å²) >= 11 is 0. The van der Waals surface area contributed by atoms with Gasteiger partial charge < -0.3 is 9.84 Å². The number of rotatable bonds is 3. The van der Waals surface area contributed by atoms with Crippen molar-refractivity contribution in [1.82, 2.24) is 10.1 Å². The van der Waals surface area contributed by atoms with Crippen molar-refractivity contribution in [2.24, 2.45) is 5.92 Å². The largest absolute Gasteiger partial charge is 0.334 e. The van der Waals surface area contributed by atoms with Crippen molar-refractivity contribution < 1.29 is 9.32 Å². The fourth-order valence-corrected chi connectivity index (χ4v) is 1.77. The zero-order valence-electron chi connectivity index (χ0n) is 10.0. The number of benzene rings is 1. The van der Waals surface area contributed by atoms with E-state index in [2.05, 4.69) is 15.5 Å². The van der Waals surface area contributed by atoms with Crippen LogP contribution in [0.3, 0.4) is 0 Å². The van der Waals surface area contributed by atoms with Crippen molar-refractivity contribution in [3.8, 4) is 11.5 Å². The molecule has 3 rings (SSSR count). The maximum atomic E-state index is 11.8. The first kappa shape index (κ1) is 11.0. The third-order valence-electron chi connectivity index (χ3n) is 2.89. The Morgan fingerprint density at radius 3 is 2.83 bits per heavy atom. The minimum absolute atomic E-state index is 0.0682. The first-order chi connectivity index (χ1) is 8.74. The second-order valence-corrected chi connectivity index (χ2v) is 4.46. The van der Waals surface area contributed by atoms with Gasteiger partial charge in [-0.2, -0.15) is 4.98 Å². The van der Waals surface area contributed by atoms with Gasteiger partial charge in [0.1, 0.15) is 0 Å². The molecule has 0 bridgehead atoms. The molecule has 92 valence electrons. The molecule has 0 radical (unpaired) electrons. The van der Waals surface area contributed by atoms with E-state index < -0.39 is 0 Å². The van der Waals surface area contributed by atoms with Crippen LogP contribution in [0.15, 0.2) is 28.8 Å². The molecule has 1 aliphatic rings. The maximum absolute atomic E-state index is 11.8. The third-order valence-corrected chi connectivity index (χ3v) is 2.89. The highest BCUT2D eigenvalue weighted by atomic mass is 16.5. The van der Waals surface area contributed by atoms with Gasteiger partial charge in [-0.1, -0.05) is 17.3 Å². The molecule has 0 saturated heterocycles. The number of carbonyl (C=O) groups is 1. The zero-order chi connectivity index (χ0) is 12.5. The van der Waals surface area contributed by atoms with Gasteiger partial charge in [0.15, 0.2) is 5.82 Å². The van der Waals surface area contributed by atoms with E-state index in [1.807, 2.05) is 24.3 Å². The molecule has 0 atom stereocenters. The van der Waals surface area contributed by atoms with E-state index in [0.717, 1.165) is 24.1 Å². The average molecular weight is 243 g/mol.